The molecule has 0 fully saturated rings. The van der Waals surface area contributed by atoms with Crippen LogP contribution in [0.25, 0.3) is 22.5 Å². The minimum Gasteiger partial charge on any atom is -0.493 e. The number of alkyl halides is 2. The number of ether oxygens (including phenoxy) is 3. The molecule has 0 aliphatic heterocycles. The Balaban J connectivity index is 1.58. The number of fused-ring (bicyclic) bond motifs is 1. The third-order valence-corrected chi connectivity index (χ3v) is 5.40. The van der Waals surface area contributed by atoms with E-state index in [1.54, 1.807) is 36.4 Å². The standard InChI is InChI=1S/C20H18F2N4O4S/c1-27-14-8-11(9-15(28-2)17(14)29-3)18-25-24-16(30-18)10-31-20-23-12-6-4-5-7-13(12)26(20)19(21)22/h4-9,19H,10H2,1-3H3. The SMILES string of the molecule is COc1cc(-c2nnc(CSc3nc4ccccc4n3C(F)F)o2)cc(OC)c1OC. The van der Waals surface area contributed by atoms with Gasteiger partial charge in [0.05, 0.1) is 38.1 Å². The lowest BCUT2D eigenvalue weighted by molar-refractivity contribution is 0.0656. The highest BCUT2D eigenvalue weighted by Gasteiger charge is 2.20. The van der Waals surface area contributed by atoms with Crippen LogP contribution in [0.5, 0.6) is 17.2 Å². The Morgan fingerprint density at radius 3 is 2.39 bits per heavy atom. The number of aromatic nitrogens is 4. The summed E-state index contributed by atoms with van der Waals surface area (Å²) in [6, 6.07) is 10.1. The molecule has 0 saturated heterocycles. The zero-order valence-corrected chi connectivity index (χ0v) is 17.7. The van der Waals surface area contributed by atoms with Gasteiger partial charge in [-0.05, 0) is 24.3 Å². The minimum atomic E-state index is -2.72. The summed E-state index contributed by atoms with van der Waals surface area (Å²) in [5.41, 5.74) is 1.43. The van der Waals surface area contributed by atoms with Gasteiger partial charge in [-0.1, -0.05) is 23.9 Å². The van der Waals surface area contributed by atoms with E-state index in [1.165, 1.54) is 21.3 Å². The van der Waals surface area contributed by atoms with Crippen LogP contribution in [0.15, 0.2) is 46.0 Å². The lowest BCUT2D eigenvalue weighted by Gasteiger charge is -2.12. The van der Waals surface area contributed by atoms with Crippen molar-refractivity contribution in [3.8, 4) is 28.7 Å². The van der Waals surface area contributed by atoms with Crippen LogP contribution in [0.2, 0.25) is 0 Å². The van der Waals surface area contributed by atoms with E-state index in [9.17, 15) is 8.78 Å². The van der Waals surface area contributed by atoms with E-state index in [-0.39, 0.29) is 22.7 Å². The third kappa shape index (κ3) is 4.00. The van der Waals surface area contributed by atoms with Crippen molar-refractivity contribution in [1.82, 2.24) is 19.7 Å². The van der Waals surface area contributed by atoms with Gasteiger partial charge in [-0.15, -0.1) is 10.2 Å². The predicted molar refractivity (Wildman–Crippen MR) is 110 cm³/mol. The molecule has 0 amide bonds. The van der Waals surface area contributed by atoms with E-state index >= 15 is 0 Å². The van der Waals surface area contributed by atoms with Crippen molar-refractivity contribution in [3.63, 3.8) is 0 Å². The second-order valence-electron chi connectivity index (χ2n) is 6.23. The van der Waals surface area contributed by atoms with Crippen molar-refractivity contribution < 1.29 is 27.4 Å². The van der Waals surface area contributed by atoms with Crippen LogP contribution >= 0.6 is 11.8 Å². The number of methoxy groups -OCH3 is 3. The highest BCUT2D eigenvalue weighted by Crippen LogP contribution is 2.41. The first-order valence-corrected chi connectivity index (χ1v) is 10.0. The number of rotatable bonds is 8. The Morgan fingerprint density at radius 2 is 1.74 bits per heavy atom. The monoisotopic (exact) mass is 448 g/mol. The normalized spacial score (nSPS) is 11.3. The minimum absolute atomic E-state index is 0.170. The summed E-state index contributed by atoms with van der Waals surface area (Å²) in [5, 5.41) is 8.23. The van der Waals surface area contributed by atoms with E-state index in [0.29, 0.717) is 33.8 Å². The average Bonchev–Trinajstić information content (AvgIpc) is 3.40. The third-order valence-electron chi connectivity index (χ3n) is 4.46. The van der Waals surface area contributed by atoms with Gasteiger partial charge in [0.15, 0.2) is 16.7 Å². The van der Waals surface area contributed by atoms with Crippen molar-refractivity contribution in [2.45, 2.75) is 17.5 Å². The molecule has 8 nitrogen and oxygen atoms in total. The number of halogens is 2. The van der Waals surface area contributed by atoms with E-state index in [2.05, 4.69) is 15.2 Å². The second kappa shape index (κ2) is 8.80. The lowest BCUT2D eigenvalue weighted by atomic mass is 10.2. The van der Waals surface area contributed by atoms with Crippen molar-refractivity contribution >= 4 is 22.8 Å². The van der Waals surface area contributed by atoms with Crippen LogP contribution in [-0.4, -0.2) is 41.1 Å². The highest BCUT2D eigenvalue weighted by atomic mass is 32.2. The zero-order valence-electron chi connectivity index (χ0n) is 16.8. The predicted octanol–water partition coefficient (Wildman–Crippen LogP) is 4.80. The summed E-state index contributed by atoms with van der Waals surface area (Å²) in [4.78, 5) is 4.29. The molecule has 0 spiro atoms. The first kappa shape index (κ1) is 20.9. The topological polar surface area (TPSA) is 84.4 Å². The van der Waals surface area contributed by atoms with E-state index in [0.717, 1.165) is 16.3 Å². The molecular weight excluding hydrogens is 430 g/mol. The van der Waals surface area contributed by atoms with E-state index < -0.39 is 6.55 Å². The van der Waals surface area contributed by atoms with Gasteiger partial charge in [0.2, 0.25) is 17.5 Å². The smallest absolute Gasteiger partial charge is 0.321 e. The first-order chi connectivity index (χ1) is 15.0. The molecule has 2 aromatic carbocycles. The van der Waals surface area contributed by atoms with Gasteiger partial charge in [0.25, 0.3) is 0 Å². The van der Waals surface area contributed by atoms with Crippen molar-refractivity contribution in [2.24, 2.45) is 0 Å². The van der Waals surface area contributed by atoms with Gasteiger partial charge in [-0.2, -0.15) is 8.78 Å². The van der Waals surface area contributed by atoms with Gasteiger partial charge in [-0.3, -0.25) is 4.57 Å². The van der Waals surface area contributed by atoms with Gasteiger partial charge in [0, 0.05) is 5.56 Å². The number of hydrogen-bond donors (Lipinski definition) is 0. The number of para-hydroxylation sites is 2. The maximum absolute atomic E-state index is 13.6. The molecule has 0 aliphatic carbocycles. The molecule has 0 aliphatic rings. The number of hydrogen-bond acceptors (Lipinski definition) is 8. The number of imidazole rings is 1. The fourth-order valence-corrected chi connectivity index (χ4v) is 3.92. The van der Waals surface area contributed by atoms with Crippen LogP contribution in [-0.2, 0) is 5.75 Å². The molecule has 11 heteroatoms. The molecule has 162 valence electrons. The number of thioether (sulfide) groups is 1. The molecule has 4 aromatic rings. The molecule has 0 atom stereocenters. The Labute approximate surface area is 180 Å². The molecule has 0 bridgehead atoms. The molecule has 2 heterocycles. The first-order valence-electron chi connectivity index (χ1n) is 9.06. The summed E-state index contributed by atoms with van der Waals surface area (Å²) < 4.78 is 49.7. The highest BCUT2D eigenvalue weighted by molar-refractivity contribution is 7.98. The number of nitrogens with zero attached hydrogens (tertiary/aromatic N) is 4. The molecular formula is C20H18F2N4O4S. The molecule has 4 rings (SSSR count). The van der Waals surface area contributed by atoms with Gasteiger partial charge < -0.3 is 18.6 Å². The van der Waals surface area contributed by atoms with Crippen LogP contribution in [0.4, 0.5) is 8.78 Å². The Morgan fingerprint density at radius 1 is 1.03 bits per heavy atom. The van der Waals surface area contributed by atoms with Gasteiger partial charge in [-0.25, -0.2) is 4.98 Å². The Bertz CT molecular complexity index is 1190. The average molecular weight is 448 g/mol. The largest absolute Gasteiger partial charge is 0.493 e. The maximum atomic E-state index is 13.6. The van der Waals surface area contributed by atoms with Gasteiger partial charge >= 0.3 is 6.55 Å². The maximum Gasteiger partial charge on any atom is 0.321 e. The van der Waals surface area contributed by atoms with Crippen LogP contribution in [0.1, 0.15) is 12.4 Å². The van der Waals surface area contributed by atoms with Crippen LogP contribution < -0.4 is 14.2 Å². The quantitative estimate of drug-likeness (QED) is 0.356. The van der Waals surface area contributed by atoms with Crippen molar-refractivity contribution in [3.05, 3.63) is 42.3 Å². The molecule has 31 heavy (non-hydrogen) atoms. The lowest BCUT2D eigenvalue weighted by Crippen LogP contribution is -2.00. The summed E-state index contributed by atoms with van der Waals surface area (Å²) in [6.07, 6.45) is 0. The van der Waals surface area contributed by atoms with Crippen LogP contribution in [0, 0.1) is 0 Å². The fourth-order valence-electron chi connectivity index (χ4n) is 3.07. The van der Waals surface area contributed by atoms with E-state index in [4.69, 9.17) is 18.6 Å². The Hall–Kier alpha value is -3.34. The molecule has 2 aromatic heterocycles. The summed E-state index contributed by atoms with van der Waals surface area (Å²) in [5.74, 6) is 2.00. The summed E-state index contributed by atoms with van der Waals surface area (Å²) in [6.45, 7) is -2.72. The fraction of sp³-hybridized carbons (Fsp3) is 0.250. The van der Waals surface area contributed by atoms with Crippen LogP contribution in [0.3, 0.4) is 0 Å². The molecule has 0 saturated carbocycles. The molecule has 0 N–H and O–H groups in total. The van der Waals surface area contributed by atoms with E-state index in [1.807, 2.05) is 0 Å². The molecule has 0 unspecified atom stereocenters. The summed E-state index contributed by atoms with van der Waals surface area (Å²) >= 11 is 1.09. The number of benzene rings is 2. The van der Waals surface area contributed by atoms with Crippen molar-refractivity contribution in [2.75, 3.05) is 21.3 Å². The second-order valence-corrected chi connectivity index (χ2v) is 7.18. The zero-order chi connectivity index (χ0) is 22.0. The van der Waals surface area contributed by atoms with Crippen molar-refractivity contribution in [1.29, 1.82) is 0 Å². The van der Waals surface area contributed by atoms with Gasteiger partial charge in [0.1, 0.15) is 0 Å². The molecule has 0 radical (unpaired) electrons. The summed E-state index contributed by atoms with van der Waals surface area (Å²) in [7, 11) is 4.52. The Kier molecular flexibility index (Phi) is 5.94.